The van der Waals surface area contributed by atoms with Crippen LogP contribution in [-0.4, -0.2) is 29.8 Å². The molecule has 0 amide bonds. The zero-order chi connectivity index (χ0) is 14.9. The van der Waals surface area contributed by atoms with Gasteiger partial charge in [0.1, 0.15) is 5.60 Å². The van der Waals surface area contributed by atoms with Crippen LogP contribution in [0.5, 0.6) is 0 Å². The van der Waals surface area contributed by atoms with Crippen LogP contribution < -0.4 is 5.32 Å². The molecule has 1 saturated heterocycles. The van der Waals surface area contributed by atoms with E-state index < -0.39 is 0 Å². The molecular weight excluding hydrogens is 266 g/mol. The van der Waals surface area contributed by atoms with Crippen LogP contribution in [0.1, 0.15) is 64.1 Å². The summed E-state index contributed by atoms with van der Waals surface area (Å²) in [6.45, 7) is 9.30. The van der Waals surface area contributed by atoms with Crippen molar-refractivity contribution >= 4 is 0 Å². The maximum absolute atomic E-state index is 6.12. The van der Waals surface area contributed by atoms with Gasteiger partial charge in [-0.1, -0.05) is 25.4 Å². The van der Waals surface area contributed by atoms with Crippen LogP contribution in [0.25, 0.3) is 0 Å². The first-order valence-electron chi connectivity index (χ1n) is 8.33. The monoisotopic (exact) mass is 293 g/mol. The lowest BCUT2D eigenvalue weighted by Crippen LogP contribution is -2.44. The molecule has 21 heavy (non-hydrogen) atoms. The van der Waals surface area contributed by atoms with Gasteiger partial charge in [0.15, 0.2) is 0 Å². The third-order valence-corrected chi connectivity index (χ3v) is 5.14. The topological polar surface area (TPSA) is 60.2 Å². The number of rotatable bonds is 5. The first-order chi connectivity index (χ1) is 10.1. The molecule has 1 aliphatic carbocycles. The Hall–Kier alpha value is -0.940. The molecular formula is C16H27N3O2. The third-order valence-electron chi connectivity index (χ3n) is 5.14. The lowest BCUT2D eigenvalue weighted by atomic mass is 9.78. The Balaban J connectivity index is 1.81. The van der Waals surface area contributed by atoms with Crippen molar-refractivity contribution in [2.24, 2.45) is 11.8 Å². The largest absolute Gasteiger partial charge is 0.367 e. The van der Waals surface area contributed by atoms with Crippen molar-refractivity contribution in [1.82, 2.24) is 15.5 Å². The van der Waals surface area contributed by atoms with E-state index in [0.717, 1.165) is 37.6 Å². The van der Waals surface area contributed by atoms with Crippen LogP contribution in [0.3, 0.4) is 0 Å². The molecule has 3 atom stereocenters. The molecule has 5 nitrogen and oxygen atoms in total. The number of nitrogens with one attached hydrogen (secondary N) is 1. The van der Waals surface area contributed by atoms with Gasteiger partial charge in [-0.15, -0.1) is 0 Å². The first kappa shape index (κ1) is 15.0. The van der Waals surface area contributed by atoms with Crippen LogP contribution in [-0.2, 0) is 10.3 Å². The van der Waals surface area contributed by atoms with Crippen LogP contribution >= 0.6 is 0 Å². The molecule has 1 aliphatic heterocycles. The van der Waals surface area contributed by atoms with Crippen LogP contribution in [0.15, 0.2) is 4.52 Å². The molecule has 118 valence electrons. The van der Waals surface area contributed by atoms with Gasteiger partial charge in [-0.2, -0.15) is 4.98 Å². The van der Waals surface area contributed by atoms with E-state index in [2.05, 4.69) is 24.3 Å². The Morgan fingerprint density at radius 2 is 2.29 bits per heavy atom. The minimum absolute atomic E-state index is 0.326. The molecule has 0 bridgehead atoms. The summed E-state index contributed by atoms with van der Waals surface area (Å²) >= 11 is 0. The van der Waals surface area contributed by atoms with Gasteiger partial charge >= 0.3 is 0 Å². The summed E-state index contributed by atoms with van der Waals surface area (Å²) in [7, 11) is 0. The summed E-state index contributed by atoms with van der Waals surface area (Å²) in [4.78, 5) is 4.73. The van der Waals surface area contributed by atoms with Crippen LogP contribution in [0, 0.1) is 11.8 Å². The highest BCUT2D eigenvalue weighted by Gasteiger charge is 2.42. The molecule has 1 N–H and O–H groups in total. The summed E-state index contributed by atoms with van der Waals surface area (Å²) in [5, 5.41) is 7.60. The minimum atomic E-state index is -0.328. The van der Waals surface area contributed by atoms with E-state index in [1.165, 1.54) is 12.8 Å². The molecule has 0 aromatic carbocycles. The van der Waals surface area contributed by atoms with E-state index in [0.29, 0.717) is 24.4 Å². The second kappa shape index (κ2) is 6.05. The van der Waals surface area contributed by atoms with Gasteiger partial charge in [-0.25, -0.2) is 0 Å². The second-order valence-corrected chi connectivity index (χ2v) is 6.79. The Bertz CT molecular complexity index is 468. The second-order valence-electron chi connectivity index (χ2n) is 6.79. The maximum atomic E-state index is 6.12. The number of ether oxygens (including phenoxy) is 1. The number of nitrogens with zero attached hydrogens (tertiary/aromatic N) is 2. The molecule has 2 aliphatic rings. The van der Waals surface area contributed by atoms with Gasteiger partial charge in [0, 0.05) is 12.5 Å². The highest BCUT2D eigenvalue weighted by molar-refractivity contribution is 5.07. The van der Waals surface area contributed by atoms with Crippen molar-refractivity contribution < 1.29 is 9.26 Å². The molecule has 0 radical (unpaired) electrons. The van der Waals surface area contributed by atoms with Crippen molar-refractivity contribution in [1.29, 1.82) is 0 Å². The third kappa shape index (κ3) is 2.86. The molecule has 3 unspecified atom stereocenters. The van der Waals surface area contributed by atoms with Crippen LogP contribution in [0.4, 0.5) is 0 Å². The first-order valence-corrected chi connectivity index (χ1v) is 8.33. The molecule has 0 spiro atoms. The van der Waals surface area contributed by atoms with E-state index >= 15 is 0 Å². The van der Waals surface area contributed by atoms with E-state index in [9.17, 15) is 0 Å². The summed E-state index contributed by atoms with van der Waals surface area (Å²) in [6, 6.07) is 0. The molecule has 1 aromatic heterocycles. The fourth-order valence-corrected chi connectivity index (χ4v) is 3.65. The average Bonchev–Trinajstić information content (AvgIpc) is 2.87. The number of hydrogen-bond donors (Lipinski definition) is 1. The SMILES string of the molecule is CCOC1(c2noc(C(C)C3CNC3)n2)CCCC(C)C1. The molecule has 2 fully saturated rings. The Labute approximate surface area is 126 Å². The maximum Gasteiger partial charge on any atom is 0.229 e. The van der Waals surface area contributed by atoms with E-state index in [1.54, 1.807) is 0 Å². The van der Waals surface area contributed by atoms with Crippen molar-refractivity contribution in [2.45, 2.75) is 58.0 Å². The fraction of sp³-hybridized carbons (Fsp3) is 0.875. The van der Waals surface area contributed by atoms with Crippen molar-refractivity contribution in [3.63, 3.8) is 0 Å². The zero-order valence-electron chi connectivity index (χ0n) is 13.4. The van der Waals surface area contributed by atoms with E-state index in [4.69, 9.17) is 14.2 Å². The summed E-state index contributed by atoms with van der Waals surface area (Å²) in [5.74, 6) is 3.14. The zero-order valence-corrected chi connectivity index (χ0v) is 13.4. The summed E-state index contributed by atoms with van der Waals surface area (Å²) < 4.78 is 11.7. The molecule has 2 heterocycles. The van der Waals surface area contributed by atoms with Gasteiger partial charge < -0.3 is 14.6 Å². The van der Waals surface area contributed by atoms with Gasteiger partial charge in [0.2, 0.25) is 11.7 Å². The molecule has 1 aromatic rings. The highest BCUT2D eigenvalue weighted by Crippen LogP contribution is 2.42. The molecule has 5 heteroatoms. The predicted octanol–water partition coefficient (Wildman–Crippen LogP) is 2.83. The predicted molar refractivity (Wildman–Crippen MR) is 80.0 cm³/mol. The van der Waals surface area contributed by atoms with Gasteiger partial charge in [0.05, 0.1) is 0 Å². The standard InChI is InChI=1S/C16H27N3O2/c1-4-20-16(7-5-6-11(2)8-16)15-18-14(21-19-15)12(3)13-9-17-10-13/h11-13,17H,4-10H2,1-3H3. The van der Waals surface area contributed by atoms with E-state index in [-0.39, 0.29) is 5.60 Å². The van der Waals surface area contributed by atoms with Gasteiger partial charge in [-0.3, -0.25) is 0 Å². The quantitative estimate of drug-likeness (QED) is 0.904. The van der Waals surface area contributed by atoms with Crippen molar-refractivity contribution in [2.75, 3.05) is 19.7 Å². The van der Waals surface area contributed by atoms with Crippen LogP contribution in [0.2, 0.25) is 0 Å². The summed E-state index contributed by atoms with van der Waals surface area (Å²) in [5.41, 5.74) is -0.328. The van der Waals surface area contributed by atoms with Crippen molar-refractivity contribution in [3.8, 4) is 0 Å². The minimum Gasteiger partial charge on any atom is -0.367 e. The van der Waals surface area contributed by atoms with Crippen molar-refractivity contribution in [3.05, 3.63) is 11.7 Å². The highest BCUT2D eigenvalue weighted by atomic mass is 16.5. The Morgan fingerprint density at radius 1 is 1.48 bits per heavy atom. The molecule has 1 saturated carbocycles. The lowest BCUT2D eigenvalue weighted by Gasteiger charge is -2.37. The number of aromatic nitrogens is 2. The lowest BCUT2D eigenvalue weighted by molar-refractivity contribution is -0.0891. The Kier molecular flexibility index (Phi) is 4.31. The smallest absolute Gasteiger partial charge is 0.229 e. The fourth-order valence-electron chi connectivity index (χ4n) is 3.65. The Morgan fingerprint density at radius 3 is 2.90 bits per heavy atom. The normalized spacial score (nSPS) is 31.9. The van der Waals surface area contributed by atoms with Gasteiger partial charge in [-0.05, 0) is 51.1 Å². The average molecular weight is 293 g/mol. The summed E-state index contributed by atoms with van der Waals surface area (Å²) in [6.07, 6.45) is 4.44. The number of hydrogen-bond acceptors (Lipinski definition) is 5. The van der Waals surface area contributed by atoms with Gasteiger partial charge in [0.25, 0.3) is 0 Å². The van der Waals surface area contributed by atoms with E-state index in [1.807, 2.05) is 6.92 Å². The molecule has 3 rings (SSSR count).